The van der Waals surface area contributed by atoms with Gasteiger partial charge in [-0.25, -0.2) is 0 Å². The molecule has 0 aliphatic rings. The van der Waals surface area contributed by atoms with Crippen LogP contribution in [0.2, 0.25) is 0 Å². The van der Waals surface area contributed by atoms with Gasteiger partial charge in [-0.15, -0.1) is 0 Å². The van der Waals surface area contributed by atoms with Crippen LogP contribution in [0, 0.1) is 11.3 Å². The molecule has 0 spiro atoms. The number of nitrogens with zero attached hydrogens (tertiary/aromatic N) is 1. The molecule has 2 unspecified atom stereocenters. The number of hydrogen-bond acceptors (Lipinski definition) is 3. The van der Waals surface area contributed by atoms with E-state index in [4.69, 9.17) is 5.73 Å². The van der Waals surface area contributed by atoms with Crippen LogP contribution in [0.3, 0.4) is 0 Å². The second-order valence-corrected chi connectivity index (χ2v) is 7.88. The average molecular weight is 289 g/mol. The van der Waals surface area contributed by atoms with Crippen molar-refractivity contribution >= 4 is 11.8 Å². The standard InChI is InChI=1S/C16H36N2S/c1-14(10-13-19-6)18(5)12-7-8-15(9-11-17)16(2,3)4/h14-15H,7-13,17H2,1-6H3. The van der Waals surface area contributed by atoms with Gasteiger partial charge in [0.2, 0.25) is 0 Å². The van der Waals surface area contributed by atoms with Gasteiger partial charge in [0.15, 0.2) is 0 Å². The highest BCUT2D eigenvalue weighted by atomic mass is 32.2. The summed E-state index contributed by atoms with van der Waals surface area (Å²) in [7, 11) is 2.26. The Morgan fingerprint density at radius 3 is 2.26 bits per heavy atom. The lowest BCUT2D eigenvalue weighted by atomic mass is 9.76. The molecule has 0 aromatic rings. The zero-order chi connectivity index (χ0) is 14.9. The van der Waals surface area contributed by atoms with Crippen LogP contribution in [0.15, 0.2) is 0 Å². The third kappa shape index (κ3) is 8.93. The summed E-state index contributed by atoms with van der Waals surface area (Å²) in [5.74, 6) is 2.02. The molecule has 0 aromatic heterocycles. The molecule has 19 heavy (non-hydrogen) atoms. The fourth-order valence-corrected chi connectivity index (χ4v) is 3.10. The third-order valence-corrected chi connectivity index (χ3v) is 4.94. The first-order valence-corrected chi connectivity index (χ1v) is 9.11. The van der Waals surface area contributed by atoms with Gasteiger partial charge < -0.3 is 10.6 Å². The minimum Gasteiger partial charge on any atom is -0.330 e. The molecule has 116 valence electrons. The van der Waals surface area contributed by atoms with Crippen LogP contribution in [0.4, 0.5) is 0 Å². The number of thioether (sulfide) groups is 1. The summed E-state index contributed by atoms with van der Waals surface area (Å²) in [5.41, 5.74) is 6.14. The molecule has 0 rings (SSSR count). The lowest BCUT2D eigenvalue weighted by Gasteiger charge is -2.32. The van der Waals surface area contributed by atoms with E-state index in [9.17, 15) is 0 Å². The van der Waals surface area contributed by atoms with Crippen molar-refractivity contribution in [2.24, 2.45) is 17.1 Å². The summed E-state index contributed by atoms with van der Waals surface area (Å²) in [6.45, 7) is 11.4. The largest absolute Gasteiger partial charge is 0.330 e. The van der Waals surface area contributed by atoms with Crippen LogP contribution in [-0.2, 0) is 0 Å². The molecule has 0 saturated carbocycles. The summed E-state index contributed by atoms with van der Waals surface area (Å²) >= 11 is 1.95. The Balaban J connectivity index is 3.98. The van der Waals surface area contributed by atoms with Gasteiger partial charge in [-0.2, -0.15) is 11.8 Å². The van der Waals surface area contributed by atoms with E-state index < -0.39 is 0 Å². The molecule has 2 nitrogen and oxygen atoms in total. The summed E-state index contributed by atoms with van der Waals surface area (Å²) in [6, 6.07) is 0.704. The Hall–Kier alpha value is 0.270. The van der Waals surface area contributed by atoms with Crippen LogP contribution in [0.5, 0.6) is 0 Å². The van der Waals surface area contributed by atoms with Crippen LogP contribution in [0.1, 0.15) is 53.4 Å². The topological polar surface area (TPSA) is 29.3 Å². The van der Waals surface area contributed by atoms with Crippen molar-refractivity contribution in [3.63, 3.8) is 0 Å². The van der Waals surface area contributed by atoms with Gasteiger partial charge in [0.25, 0.3) is 0 Å². The van der Waals surface area contributed by atoms with E-state index in [0.717, 1.165) is 18.9 Å². The summed E-state index contributed by atoms with van der Waals surface area (Å²) < 4.78 is 0. The van der Waals surface area contributed by atoms with Crippen molar-refractivity contribution in [2.75, 3.05) is 32.1 Å². The molecule has 0 bridgehead atoms. The molecule has 2 N–H and O–H groups in total. The van der Waals surface area contributed by atoms with Gasteiger partial charge in [-0.3, -0.25) is 0 Å². The molecule has 0 amide bonds. The normalized spacial score (nSPS) is 15.8. The van der Waals surface area contributed by atoms with Gasteiger partial charge in [0.1, 0.15) is 0 Å². The first-order valence-electron chi connectivity index (χ1n) is 7.72. The fraction of sp³-hybridized carbons (Fsp3) is 1.00. The summed E-state index contributed by atoms with van der Waals surface area (Å²) in [4.78, 5) is 2.51. The van der Waals surface area contributed by atoms with Gasteiger partial charge >= 0.3 is 0 Å². The second-order valence-electron chi connectivity index (χ2n) is 6.89. The fourth-order valence-electron chi connectivity index (χ4n) is 2.53. The molecule has 0 radical (unpaired) electrons. The van der Waals surface area contributed by atoms with E-state index in [2.05, 4.69) is 45.9 Å². The molecule has 0 aliphatic carbocycles. The Morgan fingerprint density at radius 1 is 1.16 bits per heavy atom. The Labute approximate surface area is 125 Å². The third-order valence-electron chi connectivity index (χ3n) is 4.30. The van der Waals surface area contributed by atoms with Crippen molar-refractivity contribution in [1.29, 1.82) is 0 Å². The predicted octanol–water partition coefficient (Wildman–Crippen LogP) is 3.85. The van der Waals surface area contributed by atoms with Crippen LogP contribution >= 0.6 is 11.8 Å². The van der Waals surface area contributed by atoms with Crippen molar-refractivity contribution < 1.29 is 0 Å². The van der Waals surface area contributed by atoms with Gasteiger partial charge in [0, 0.05) is 6.04 Å². The van der Waals surface area contributed by atoms with Crippen molar-refractivity contribution in [3.05, 3.63) is 0 Å². The quantitative estimate of drug-likeness (QED) is 0.662. The lowest BCUT2D eigenvalue weighted by Crippen LogP contribution is -2.31. The van der Waals surface area contributed by atoms with E-state index in [1.54, 1.807) is 0 Å². The molecule has 0 saturated heterocycles. The Kier molecular flexibility index (Phi) is 10.2. The van der Waals surface area contributed by atoms with E-state index in [0.29, 0.717) is 11.5 Å². The zero-order valence-electron chi connectivity index (χ0n) is 14.0. The van der Waals surface area contributed by atoms with Crippen LogP contribution in [0.25, 0.3) is 0 Å². The number of hydrogen-bond donors (Lipinski definition) is 1. The maximum absolute atomic E-state index is 5.75. The highest BCUT2D eigenvalue weighted by Crippen LogP contribution is 2.32. The Morgan fingerprint density at radius 2 is 1.79 bits per heavy atom. The average Bonchev–Trinajstić information content (AvgIpc) is 2.33. The lowest BCUT2D eigenvalue weighted by molar-refractivity contribution is 0.189. The molecule has 0 aromatic carbocycles. The molecule has 0 aliphatic heterocycles. The first kappa shape index (κ1) is 19.3. The molecule has 0 heterocycles. The highest BCUT2D eigenvalue weighted by Gasteiger charge is 2.23. The summed E-state index contributed by atoms with van der Waals surface area (Å²) in [6.07, 6.45) is 7.24. The zero-order valence-corrected chi connectivity index (χ0v) is 14.9. The molecule has 2 atom stereocenters. The predicted molar refractivity (Wildman–Crippen MR) is 90.9 cm³/mol. The molecular weight excluding hydrogens is 252 g/mol. The van der Waals surface area contributed by atoms with Crippen molar-refractivity contribution in [1.82, 2.24) is 4.90 Å². The maximum atomic E-state index is 5.75. The van der Waals surface area contributed by atoms with Gasteiger partial charge in [-0.1, -0.05) is 20.8 Å². The molecule has 0 fully saturated rings. The van der Waals surface area contributed by atoms with Gasteiger partial charge in [0.05, 0.1) is 0 Å². The SMILES string of the molecule is CSCCC(C)N(C)CCCC(CCN)C(C)(C)C. The van der Waals surface area contributed by atoms with Crippen molar-refractivity contribution in [3.8, 4) is 0 Å². The van der Waals surface area contributed by atoms with Crippen molar-refractivity contribution in [2.45, 2.75) is 59.4 Å². The monoisotopic (exact) mass is 288 g/mol. The Bertz CT molecular complexity index is 213. The number of rotatable bonds is 10. The van der Waals surface area contributed by atoms with E-state index in [1.165, 1.54) is 31.6 Å². The van der Waals surface area contributed by atoms with Gasteiger partial charge in [-0.05, 0) is 76.1 Å². The first-order chi connectivity index (χ1) is 8.82. The highest BCUT2D eigenvalue weighted by molar-refractivity contribution is 7.98. The summed E-state index contributed by atoms with van der Waals surface area (Å²) in [5, 5.41) is 0. The second kappa shape index (κ2) is 10.1. The van der Waals surface area contributed by atoms with E-state index >= 15 is 0 Å². The van der Waals surface area contributed by atoms with Crippen LogP contribution in [-0.4, -0.2) is 43.1 Å². The smallest absolute Gasteiger partial charge is 0.00717 e. The maximum Gasteiger partial charge on any atom is 0.00717 e. The minimum atomic E-state index is 0.391. The minimum absolute atomic E-state index is 0.391. The number of nitrogens with two attached hydrogens (primary N) is 1. The van der Waals surface area contributed by atoms with Crippen LogP contribution < -0.4 is 5.73 Å². The molecule has 3 heteroatoms. The van der Waals surface area contributed by atoms with E-state index in [1.807, 2.05) is 11.8 Å². The van der Waals surface area contributed by atoms with E-state index in [-0.39, 0.29) is 0 Å². The molecular formula is C16H36N2S.